The molecule has 0 saturated carbocycles. The summed E-state index contributed by atoms with van der Waals surface area (Å²) >= 11 is 0. The van der Waals surface area contributed by atoms with Crippen molar-refractivity contribution in [2.45, 2.75) is 44.7 Å². The van der Waals surface area contributed by atoms with Gasteiger partial charge in [0, 0.05) is 42.5 Å². The van der Waals surface area contributed by atoms with Crippen molar-refractivity contribution in [3.63, 3.8) is 0 Å². The highest BCUT2D eigenvalue weighted by atomic mass is 16.6. The number of carbonyl (C=O) groups is 3. The van der Waals surface area contributed by atoms with Crippen molar-refractivity contribution >= 4 is 29.1 Å². The summed E-state index contributed by atoms with van der Waals surface area (Å²) in [4.78, 5) is 55.1. The van der Waals surface area contributed by atoms with Crippen LogP contribution in [0.4, 0.5) is 11.4 Å². The van der Waals surface area contributed by atoms with Crippen LogP contribution < -0.4 is 10.2 Å². The Morgan fingerprint density at radius 3 is 2.31 bits per heavy atom. The summed E-state index contributed by atoms with van der Waals surface area (Å²) in [5.74, 6) is -0.511. The molecule has 10 nitrogen and oxygen atoms in total. The van der Waals surface area contributed by atoms with Crippen molar-refractivity contribution in [3.05, 3.63) is 70.3 Å². The van der Waals surface area contributed by atoms with Crippen LogP contribution in [-0.2, 0) is 9.59 Å². The Morgan fingerprint density at radius 1 is 1.08 bits per heavy atom. The van der Waals surface area contributed by atoms with E-state index in [-0.39, 0.29) is 36.0 Å². The van der Waals surface area contributed by atoms with Gasteiger partial charge in [-0.05, 0) is 50.5 Å². The zero-order chi connectivity index (χ0) is 25.9. The smallest absolute Gasteiger partial charge is 0.269 e. The van der Waals surface area contributed by atoms with Gasteiger partial charge in [0.25, 0.3) is 17.5 Å². The monoisotopic (exact) mass is 493 g/mol. The van der Waals surface area contributed by atoms with Gasteiger partial charge in [0.15, 0.2) is 0 Å². The van der Waals surface area contributed by atoms with Crippen molar-refractivity contribution in [2.75, 3.05) is 31.2 Å². The van der Waals surface area contributed by atoms with Crippen LogP contribution in [0.5, 0.6) is 0 Å². The number of nitrogens with zero attached hydrogens (tertiary/aromatic N) is 4. The Morgan fingerprint density at radius 2 is 1.72 bits per heavy atom. The first-order chi connectivity index (χ1) is 17.2. The summed E-state index contributed by atoms with van der Waals surface area (Å²) in [5, 5.41) is 13.8. The van der Waals surface area contributed by atoms with Gasteiger partial charge in [0.2, 0.25) is 5.91 Å². The highest BCUT2D eigenvalue weighted by Gasteiger charge is 2.54. The van der Waals surface area contributed by atoms with Crippen molar-refractivity contribution < 1.29 is 19.3 Å². The number of carbonyl (C=O) groups excluding carboxylic acids is 3. The van der Waals surface area contributed by atoms with E-state index in [9.17, 15) is 24.5 Å². The van der Waals surface area contributed by atoms with Gasteiger partial charge in [-0.3, -0.25) is 24.5 Å². The lowest BCUT2D eigenvalue weighted by Gasteiger charge is -2.43. The molecule has 2 aliphatic rings. The number of piperidine rings is 1. The van der Waals surface area contributed by atoms with Gasteiger partial charge in [-0.25, -0.2) is 0 Å². The molecule has 1 spiro atoms. The van der Waals surface area contributed by atoms with Gasteiger partial charge in [-0.15, -0.1) is 0 Å². The maximum Gasteiger partial charge on any atom is 0.269 e. The minimum Gasteiger partial charge on any atom is -0.352 e. The average molecular weight is 494 g/mol. The Labute approximate surface area is 210 Å². The fourth-order valence-electron chi connectivity index (χ4n) is 4.91. The van der Waals surface area contributed by atoms with Crippen LogP contribution in [0.15, 0.2) is 54.6 Å². The number of hydrogen-bond acceptors (Lipinski definition) is 6. The molecule has 2 aromatic rings. The van der Waals surface area contributed by atoms with Crippen LogP contribution in [0.1, 0.15) is 43.5 Å². The van der Waals surface area contributed by atoms with Crippen LogP contribution in [-0.4, -0.2) is 70.3 Å². The highest BCUT2D eigenvalue weighted by molar-refractivity contribution is 5.97. The van der Waals surface area contributed by atoms with E-state index >= 15 is 0 Å². The van der Waals surface area contributed by atoms with Gasteiger partial charge < -0.3 is 20.0 Å². The number of nitro benzene ring substituents is 1. The quantitative estimate of drug-likeness (QED) is 0.468. The van der Waals surface area contributed by atoms with E-state index in [2.05, 4.69) is 10.2 Å². The molecule has 0 bridgehead atoms. The number of benzene rings is 2. The van der Waals surface area contributed by atoms with E-state index in [4.69, 9.17) is 0 Å². The van der Waals surface area contributed by atoms with E-state index in [1.54, 1.807) is 9.80 Å². The van der Waals surface area contributed by atoms with Gasteiger partial charge in [-0.2, -0.15) is 0 Å². The van der Waals surface area contributed by atoms with E-state index in [1.807, 2.05) is 44.2 Å². The molecule has 3 amide bonds. The largest absolute Gasteiger partial charge is 0.352 e. The molecule has 1 atom stereocenters. The normalized spacial score (nSPS) is 17.8. The van der Waals surface area contributed by atoms with Gasteiger partial charge in [-0.1, -0.05) is 25.1 Å². The van der Waals surface area contributed by atoms with Gasteiger partial charge in [0.1, 0.15) is 12.1 Å². The summed E-state index contributed by atoms with van der Waals surface area (Å²) in [6.45, 7) is 4.92. The molecule has 1 unspecified atom stereocenters. The number of para-hydroxylation sites is 1. The van der Waals surface area contributed by atoms with E-state index in [0.29, 0.717) is 38.2 Å². The molecule has 10 heteroatoms. The molecule has 2 fully saturated rings. The van der Waals surface area contributed by atoms with Crippen molar-refractivity contribution in [1.29, 1.82) is 0 Å². The highest BCUT2D eigenvalue weighted by Crippen LogP contribution is 2.39. The second-order valence-corrected chi connectivity index (χ2v) is 9.41. The third kappa shape index (κ3) is 4.89. The SMILES string of the molecule is CCC(C)NC(=O)CN1CN(c2ccccc2)C2(CCN(C(=O)c3ccc([N+](=O)[O-])cc3)CC2)C1=O. The molecule has 190 valence electrons. The molecular formula is C26H31N5O5. The predicted molar refractivity (Wildman–Crippen MR) is 134 cm³/mol. The topological polar surface area (TPSA) is 116 Å². The Hall–Kier alpha value is -3.95. The Bertz CT molecular complexity index is 1130. The number of hydrogen-bond donors (Lipinski definition) is 1. The molecule has 2 saturated heterocycles. The third-order valence-corrected chi connectivity index (χ3v) is 7.14. The maximum atomic E-state index is 13.7. The summed E-state index contributed by atoms with van der Waals surface area (Å²) in [7, 11) is 0. The number of likely N-dealkylation sites (tertiary alicyclic amines) is 1. The zero-order valence-corrected chi connectivity index (χ0v) is 20.6. The molecule has 0 aromatic heterocycles. The van der Waals surface area contributed by atoms with Crippen LogP contribution in [0.25, 0.3) is 0 Å². The molecule has 2 aromatic carbocycles. The number of amides is 3. The second kappa shape index (κ2) is 10.3. The molecular weight excluding hydrogens is 462 g/mol. The van der Waals surface area contributed by atoms with Crippen molar-refractivity contribution in [3.8, 4) is 0 Å². The minimum atomic E-state index is -0.843. The summed E-state index contributed by atoms with van der Waals surface area (Å²) in [5.41, 5.74) is 0.351. The number of non-ortho nitro benzene ring substituents is 1. The van der Waals surface area contributed by atoms with E-state index in [1.165, 1.54) is 24.3 Å². The average Bonchev–Trinajstić information content (AvgIpc) is 3.15. The number of rotatable bonds is 7. The van der Waals surface area contributed by atoms with E-state index in [0.717, 1.165) is 12.1 Å². The van der Waals surface area contributed by atoms with Gasteiger partial charge in [0.05, 0.1) is 11.6 Å². The first-order valence-electron chi connectivity index (χ1n) is 12.2. The molecule has 4 rings (SSSR count). The third-order valence-electron chi connectivity index (χ3n) is 7.14. The summed E-state index contributed by atoms with van der Waals surface area (Å²) in [6.07, 6.45) is 1.64. The number of nitrogens with one attached hydrogen (secondary N) is 1. The fourth-order valence-corrected chi connectivity index (χ4v) is 4.91. The molecule has 2 aliphatic heterocycles. The van der Waals surface area contributed by atoms with Crippen LogP contribution in [0.3, 0.4) is 0 Å². The second-order valence-electron chi connectivity index (χ2n) is 9.41. The maximum absolute atomic E-state index is 13.7. The molecule has 0 aliphatic carbocycles. The zero-order valence-electron chi connectivity index (χ0n) is 20.6. The van der Waals surface area contributed by atoms with Crippen LogP contribution >= 0.6 is 0 Å². The first-order valence-corrected chi connectivity index (χ1v) is 12.2. The summed E-state index contributed by atoms with van der Waals surface area (Å²) in [6, 6.07) is 15.2. The minimum absolute atomic E-state index is 0.0142. The van der Waals surface area contributed by atoms with Crippen molar-refractivity contribution in [2.24, 2.45) is 0 Å². The molecule has 36 heavy (non-hydrogen) atoms. The summed E-state index contributed by atoms with van der Waals surface area (Å²) < 4.78 is 0. The fraction of sp³-hybridized carbons (Fsp3) is 0.423. The lowest BCUT2D eigenvalue weighted by Crippen LogP contribution is -2.57. The van der Waals surface area contributed by atoms with Crippen LogP contribution in [0.2, 0.25) is 0 Å². The van der Waals surface area contributed by atoms with Crippen molar-refractivity contribution in [1.82, 2.24) is 15.1 Å². The molecule has 0 radical (unpaired) electrons. The number of anilines is 1. The van der Waals surface area contributed by atoms with Crippen LogP contribution in [0, 0.1) is 10.1 Å². The standard InChI is InChI=1S/C26H31N5O5/c1-3-19(2)27-23(32)17-29-18-30(21-7-5-4-6-8-21)26(25(29)34)13-15-28(16-14-26)24(33)20-9-11-22(12-10-20)31(35)36/h4-12,19H,3,13-18H2,1-2H3,(H,27,32). The lowest BCUT2D eigenvalue weighted by molar-refractivity contribution is -0.384. The van der Waals surface area contributed by atoms with E-state index < -0.39 is 10.5 Å². The Kier molecular flexibility index (Phi) is 7.23. The number of nitro groups is 1. The Balaban J connectivity index is 1.51. The molecule has 1 N–H and O–H groups in total. The predicted octanol–water partition coefficient (Wildman–Crippen LogP) is 2.79. The lowest BCUT2D eigenvalue weighted by atomic mass is 9.85. The van der Waals surface area contributed by atoms with Gasteiger partial charge >= 0.3 is 0 Å². The molecule has 2 heterocycles. The first kappa shape index (κ1) is 25.2.